The number of carboxylic acid groups (broad SMARTS) is 2. The number of nitrogens with one attached hydrogen (secondary N) is 1. The lowest BCUT2D eigenvalue weighted by atomic mass is 9.94. The smallest absolute Gasteiger partial charge is 0.490 e. The maximum atomic E-state index is 13.1. The maximum absolute atomic E-state index is 13.1. The van der Waals surface area contributed by atoms with Crippen molar-refractivity contribution in [2.24, 2.45) is 0 Å². The average Bonchev–Trinajstić information content (AvgIpc) is 2.94. The molecule has 1 aliphatic heterocycles. The standard InChI is InChI=1S/C25H33N3O5S.C2HF3O2/c1-2-33-21-9-11-22(12-10-21)34(31,32)26-23-18-19(25(29)30)8-13-24(23)28-16-14-27(15-17-28)20-6-4-3-5-7-20;3-2(4,5)1(6)7/h8-13,18,20,26H,2-7,14-17H2,1H3,(H,29,30);(H,6,7). The number of sulfonamides is 1. The molecule has 0 bridgehead atoms. The van der Waals surface area contributed by atoms with Crippen LogP contribution in [0.1, 0.15) is 49.4 Å². The van der Waals surface area contributed by atoms with Crippen LogP contribution in [0.15, 0.2) is 47.4 Å². The molecular weight excluding hydrogens is 567 g/mol. The van der Waals surface area contributed by atoms with Gasteiger partial charge in [0.1, 0.15) is 5.75 Å². The molecule has 0 unspecified atom stereocenters. The van der Waals surface area contributed by atoms with Crippen molar-refractivity contribution in [3.63, 3.8) is 0 Å². The van der Waals surface area contributed by atoms with Gasteiger partial charge in [-0.15, -0.1) is 0 Å². The van der Waals surface area contributed by atoms with E-state index in [0.29, 0.717) is 24.1 Å². The first-order valence-corrected chi connectivity index (χ1v) is 14.7. The van der Waals surface area contributed by atoms with E-state index in [9.17, 15) is 31.5 Å². The van der Waals surface area contributed by atoms with Gasteiger partial charge in [0.05, 0.1) is 28.4 Å². The average molecular weight is 602 g/mol. The van der Waals surface area contributed by atoms with Gasteiger partial charge in [-0.25, -0.2) is 18.0 Å². The Morgan fingerprint density at radius 2 is 1.56 bits per heavy atom. The van der Waals surface area contributed by atoms with Gasteiger partial charge < -0.3 is 19.8 Å². The fourth-order valence-corrected chi connectivity index (χ4v) is 5.95. The number of carbonyl (C=O) groups is 2. The molecule has 0 atom stereocenters. The predicted molar refractivity (Wildman–Crippen MR) is 146 cm³/mol. The number of aliphatic carboxylic acids is 1. The third-order valence-electron chi connectivity index (χ3n) is 6.92. The zero-order valence-corrected chi connectivity index (χ0v) is 23.4. The van der Waals surface area contributed by atoms with Gasteiger partial charge in [0.15, 0.2) is 0 Å². The second-order valence-electron chi connectivity index (χ2n) is 9.66. The van der Waals surface area contributed by atoms with E-state index in [1.165, 1.54) is 56.4 Å². The van der Waals surface area contributed by atoms with E-state index in [-0.39, 0.29) is 16.1 Å². The Labute approximate surface area is 236 Å². The molecule has 1 saturated carbocycles. The third-order valence-corrected chi connectivity index (χ3v) is 8.30. The van der Waals surface area contributed by atoms with Crippen LogP contribution >= 0.6 is 0 Å². The van der Waals surface area contributed by atoms with Crippen molar-refractivity contribution in [3.05, 3.63) is 48.0 Å². The number of benzene rings is 2. The van der Waals surface area contributed by atoms with Gasteiger partial charge in [-0.1, -0.05) is 19.3 Å². The molecule has 2 aliphatic rings. The number of ether oxygens (including phenoxy) is 1. The summed E-state index contributed by atoms with van der Waals surface area (Å²) in [5.74, 6) is -3.27. The fraction of sp³-hybridized carbons (Fsp3) is 0.481. The van der Waals surface area contributed by atoms with Gasteiger partial charge in [0, 0.05) is 32.2 Å². The Bertz CT molecular complexity index is 1290. The number of piperazine rings is 1. The highest BCUT2D eigenvalue weighted by Gasteiger charge is 2.38. The number of halogens is 3. The molecule has 0 amide bonds. The monoisotopic (exact) mass is 601 g/mol. The van der Waals surface area contributed by atoms with Crippen LogP contribution in [0.4, 0.5) is 24.5 Å². The van der Waals surface area contributed by atoms with Gasteiger partial charge in [-0.2, -0.15) is 13.2 Å². The molecule has 2 aromatic rings. The maximum Gasteiger partial charge on any atom is 0.490 e. The van der Waals surface area contributed by atoms with Crippen molar-refractivity contribution in [2.45, 2.75) is 56.1 Å². The van der Waals surface area contributed by atoms with Crippen LogP contribution in [-0.2, 0) is 14.8 Å². The van der Waals surface area contributed by atoms with Crippen molar-refractivity contribution >= 4 is 33.3 Å². The Morgan fingerprint density at radius 3 is 2.07 bits per heavy atom. The van der Waals surface area contributed by atoms with E-state index in [1.807, 2.05) is 6.92 Å². The number of hydrogen-bond donors (Lipinski definition) is 3. The molecule has 0 aromatic heterocycles. The zero-order chi connectivity index (χ0) is 30.2. The van der Waals surface area contributed by atoms with E-state index in [0.717, 1.165) is 26.2 Å². The summed E-state index contributed by atoms with van der Waals surface area (Å²) in [4.78, 5) is 25.3. The first-order valence-electron chi connectivity index (χ1n) is 13.2. The van der Waals surface area contributed by atoms with Crippen molar-refractivity contribution in [3.8, 4) is 5.75 Å². The Kier molecular flexibility index (Phi) is 10.8. The van der Waals surface area contributed by atoms with E-state index in [2.05, 4.69) is 14.5 Å². The number of hydrogen-bond acceptors (Lipinski definition) is 7. The van der Waals surface area contributed by atoms with Crippen LogP contribution in [0, 0.1) is 0 Å². The lowest BCUT2D eigenvalue weighted by molar-refractivity contribution is -0.192. The van der Waals surface area contributed by atoms with Crippen LogP contribution < -0.4 is 14.4 Å². The van der Waals surface area contributed by atoms with Crippen LogP contribution in [-0.4, -0.2) is 80.5 Å². The van der Waals surface area contributed by atoms with Gasteiger partial charge >= 0.3 is 18.1 Å². The third kappa shape index (κ3) is 8.98. The minimum absolute atomic E-state index is 0.0361. The molecule has 0 radical (unpaired) electrons. The molecule has 41 heavy (non-hydrogen) atoms. The molecule has 1 aliphatic carbocycles. The molecule has 3 N–H and O–H groups in total. The number of aromatic carboxylic acids is 1. The fourth-order valence-electron chi connectivity index (χ4n) is 4.89. The van der Waals surface area contributed by atoms with E-state index >= 15 is 0 Å². The number of nitrogens with zero attached hydrogens (tertiary/aromatic N) is 2. The molecule has 0 spiro atoms. The van der Waals surface area contributed by atoms with E-state index < -0.39 is 28.1 Å². The molecule has 14 heteroatoms. The topological polar surface area (TPSA) is 136 Å². The molecule has 2 fully saturated rings. The van der Waals surface area contributed by atoms with E-state index in [4.69, 9.17) is 14.6 Å². The minimum Gasteiger partial charge on any atom is -0.494 e. The van der Waals surface area contributed by atoms with Crippen molar-refractivity contribution in [2.75, 3.05) is 42.4 Å². The summed E-state index contributed by atoms with van der Waals surface area (Å²) in [5, 5.41) is 16.6. The number of rotatable bonds is 8. The zero-order valence-electron chi connectivity index (χ0n) is 22.6. The lowest BCUT2D eigenvalue weighted by Crippen LogP contribution is -2.51. The van der Waals surface area contributed by atoms with Gasteiger partial charge in [0.25, 0.3) is 10.0 Å². The van der Waals surface area contributed by atoms with Crippen molar-refractivity contribution in [1.82, 2.24) is 4.90 Å². The first-order chi connectivity index (χ1) is 19.3. The summed E-state index contributed by atoms with van der Waals surface area (Å²) in [6.45, 7) is 5.70. The first kappa shape index (κ1) is 32.0. The van der Waals surface area contributed by atoms with Gasteiger partial charge in [0.2, 0.25) is 0 Å². The summed E-state index contributed by atoms with van der Waals surface area (Å²) in [5.41, 5.74) is 1.01. The Balaban J connectivity index is 0.000000587. The number of carboxylic acids is 2. The summed E-state index contributed by atoms with van der Waals surface area (Å²) in [7, 11) is -3.91. The van der Waals surface area contributed by atoms with Gasteiger partial charge in [-0.3, -0.25) is 9.62 Å². The van der Waals surface area contributed by atoms with Crippen LogP contribution in [0.2, 0.25) is 0 Å². The second-order valence-corrected chi connectivity index (χ2v) is 11.3. The summed E-state index contributed by atoms with van der Waals surface area (Å²) in [6.07, 6.45) is 1.32. The van der Waals surface area contributed by atoms with Crippen LogP contribution in [0.25, 0.3) is 0 Å². The normalized spacial score (nSPS) is 16.8. The summed E-state index contributed by atoms with van der Waals surface area (Å²) < 4.78 is 66.0. The predicted octanol–water partition coefficient (Wildman–Crippen LogP) is 4.67. The highest BCUT2D eigenvalue weighted by Crippen LogP contribution is 2.32. The second kappa shape index (κ2) is 13.9. The molecule has 1 heterocycles. The molecule has 1 saturated heterocycles. The quantitative estimate of drug-likeness (QED) is 0.394. The minimum atomic E-state index is -5.08. The van der Waals surface area contributed by atoms with Crippen molar-refractivity contribution < 1.29 is 46.1 Å². The Hall–Kier alpha value is -3.52. The highest BCUT2D eigenvalue weighted by atomic mass is 32.2. The lowest BCUT2D eigenvalue weighted by Gasteiger charge is -2.42. The number of anilines is 2. The summed E-state index contributed by atoms with van der Waals surface area (Å²) in [6, 6.07) is 11.5. The van der Waals surface area contributed by atoms with Crippen LogP contribution in [0.3, 0.4) is 0 Å². The van der Waals surface area contributed by atoms with Crippen LogP contribution in [0.5, 0.6) is 5.75 Å². The number of alkyl halides is 3. The SMILES string of the molecule is CCOc1ccc(S(=O)(=O)Nc2cc(C(=O)O)ccc2N2CCN(C3CCCCC3)CC2)cc1.O=C(O)C(F)(F)F. The molecule has 2 aromatic carbocycles. The Morgan fingerprint density at radius 1 is 0.976 bits per heavy atom. The van der Waals surface area contributed by atoms with E-state index in [1.54, 1.807) is 18.2 Å². The summed E-state index contributed by atoms with van der Waals surface area (Å²) >= 11 is 0. The molecule has 4 rings (SSSR count). The molecule has 10 nitrogen and oxygen atoms in total. The van der Waals surface area contributed by atoms with Gasteiger partial charge in [-0.05, 0) is 62.2 Å². The molecular formula is C27H34F3N3O7S. The largest absolute Gasteiger partial charge is 0.494 e. The highest BCUT2D eigenvalue weighted by molar-refractivity contribution is 7.92. The molecule has 226 valence electrons. The van der Waals surface area contributed by atoms with Crippen molar-refractivity contribution in [1.29, 1.82) is 0 Å².